The van der Waals surface area contributed by atoms with Gasteiger partial charge in [-0.3, -0.25) is 0 Å². The second-order valence-corrected chi connectivity index (χ2v) is 4.55. The molecule has 2 rings (SSSR count). The molecule has 2 heteroatoms. The fourth-order valence-corrected chi connectivity index (χ4v) is 3.15. The molecule has 0 saturated carbocycles. The summed E-state index contributed by atoms with van der Waals surface area (Å²) >= 11 is 0. The average Bonchev–Trinajstić information content (AvgIpc) is 2.31. The molecular formula is C10H20N2. The van der Waals surface area contributed by atoms with Crippen molar-refractivity contribution in [2.75, 3.05) is 13.6 Å². The predicted molar refractivity (Wildman–Crippen MR) is 50.9 cm³/mol. The van der Waals surface area contributed by atoms with Crippen LogP contribution >= 0.6 is 0 Å². The first-order valence-corrected chi connectivity index (χ1v) is 5.16. The number of rotatable bonds is 1. The second-order valence-electron chi connectivity index (χ2n) is 4.55. The van der Waals surface area contributed by atoms with Crippen molar-refractivity contribution in [2.24, 2.45) is 17.6 Å². The number of fused-ring (bicyclic) bond motifs is 2. The number of hydrogen-bond acceptors (Lipinski definition) is 2. The van der Waals surface area contributed by atoms with E-state index in [0.29, 0.717) is 0 Å². The first-order chi connectivity index (χ1) is 5.74. The maximum absolute atomic E-state index is 5.77. The summed E-state index contributed by atoms with van der Waals surface area (Å²) in [5, 5.41) is 0. The molecule has 0 radical (unpaired) electrons. The third-order valence-corrected chi connectivity index (χ3v) is 4.12. The van der Waals surface area contributed by atoms with Gasteiger partial charge in [-0.15, -0.1) is 0 Å². The number of hydrogen-bond donors (Lipinski definition) is 1. The Morgan fingerprint density at radius 1 is 1.42 bits per heavy atom. The summed E-state index contributed by atoms with van der Waals surface area (Å²) in [4.78, 5) is 2.58. The molecule has 2 nitrogen and oxygen atoms in total. The Hall–Kier alpha value is -0.0800. The average molecular weight is 168 g/mol. The third kappa shape index (κ3) is 1.09. The van der Waals surface area contributed by atoms with Crippen LogP contribution in [0.1, 0.15) is 26.2 Å². The van der Waals surface area contributed by atoms with Crippen molar-refractivity contribution in [1.82, 2.24) is 4.90 Å². The minimum atomic E-state index is 0.790. The van der Waals surface area contributed by atoms with Crippen molar-refractivity contribution in [3.63, 3.8) is 0 Å². The highest BCUT2D eigenvalue weighted by atomic mass is 15.2. The number of nitrogens with zero attached hydrogens (tertiary/aromatic N) is 1. The van der Waals surface area contributed by atoms with Gasteiger partial charge in [0.1, 0.15) is 0 Å². The maximum atomic E-state index is 5.77. The molecular weight excluding hydrogens is 148 g/mol. The van der Waals surface area contributed by atoms with Gasteiger partial charge in [-0.25, -0.2) is 0 Å². The minimum absolute atomic E-state index is 0.790. The maximum Gasteiger partial charge on any atom is 0.0124 e. The molecule has 2 bridgehead atoms. The van der Waals surface area contributed by atoms with Crippen LogP contribution in [0.4, 0.5) is 0 Å². The largest absolute Gasteiger partial charge is 0.330 e. The van der Waals surface area contributed by atoms with Crippen LogP contribution in [0.25, 0.3) is 0 Å². The highest BCUT2D eigenvalue weighted by Gasteiger charge is 2.42. The minimum Gasteiger partial charge on any atom is -0.330 e. The molecule has 70 valence electrons. The molecule has 0 aliphatic carbocycles. The summed E-state index contributed by atoms with van der Waals surface area (Å²) in [7, 11) is 2.28. The molecule has 4 unspecified atom stereocenters. The van der Waals surface area contributed by atoms with Crippen molar-refractivity contribution in [2.45, 2.75) is 38.3 Å². The third-order valence-electron chi connectivity index (χ3n) is 4.12. The zero-order chi connectivity index (χ0) is 8.72. The molecule has 0 aromatic heterocycles. The van der Waals surface area contributed by atoms with E-state index in [2.05, 4.69) is 18.9 Å². The second kappa shape index (κ2) is 3.00. The normalized spacial score (nSPS) is 48.2. The Labute approximate surface area is 75.1 Å². The molecule has 4 atom stereocenters. The Morgan fingerprint density at radius 3 is 2.83 bits per heavy atom. The zero-order valence-corrected chi connectivity index (χ0v) is 8.16. The van der Waals surface area contributed by atoms with Gasteiger partial charge in [0, 0.05) is 12.1 Å². The molecule has 0 aromatic rings. The van der Waals surface area contributed by atoms with Gasteiger partial charge in [-0.2, -0.15) is 0 Å². The van der Waals surface area contributed by atoms with Crippen LogP contribution in [0.5, 0.6) is 0 Å². The van der Waals surface area contributed by atoms with Gasteiger partial charge in [-0.05, 0) is 44.7 Å². The van der Waals surface area contributed by atoms with Crippen LogP contribution in [-0.4, -0.2) is 30.6 Å². The molecule has 0 aromatic carbocycles. The van der Waals surface area contributed by atoms with E-state index < -0.39 is 0 Å². The summed E-state index contributed by atoms with van der Waals surface area (Å²) in [6.45, 7) is 3.27. The van der Waals surface area contributed by atoms with E-state index in [0.717, 1.165) is 30.5 Å². The van der Waals surface area contributed by atoms with Crippen molar-refractivity contribution < 1.29 is 0 Å². The summed E-state index contributed by atoms with van der Waals surface area (Å²) in [5.41, 5.74) is 5.77. The molecule has 2 aliphatic heterocycles. The van der Waals surface area contributed by atoms with Crippen molar-refractivity contribution >= 4 is 0 Å². The van der Waals surface area contributed by atoms with Crippen molar-refractivity contribution in [3.05, 3.63) is 0 Å². The number of piperidine rings is 1. The highest BCUT2D eigenvalue weighted by Crippen LogP contribution is 2.40. The van der Waals surface area contributed by atoms with Gasteiger partial charge in [0.05, 0.1) is 0 Å². The summed E-state index contributed by atoms with van der Waals surface area (Å²) < 4.78 is 0. The van der Waals surface area contributed by atoms with E-state index in [-0.39, 0.29) is 0 Å². The van der Waals surface area contributed by atoms with Crippen LogP contribution in [-0.2, 0) is 0 Å². The summed E-state index contributed by atoms with van der Waals surface area (Å²) in [5.74, 6) is 1.61. The molecule has 12 heavy (non-hydrogen) atoms. The van der Waals surface area contributed by atoms with Gasteiger partial charge >= 0.3 is 0 Å². The van der Waals surface area contributed by atoms with Gasteiger partial charge in [-0.1, -0.05) is 6.92 Å². The molecule has 2 fully saturated rings. The van der Waals surface area contributed by atoms with E-state index in [9.17, 15) is 0 Å². The highest BCUT2D eigenvalue weighted by molar-refractivity contribution is 4.97. The quantitative estimate of drug-likeness (QED) is 0.634. The van der Waals surface area contributed by atoms with Gasteiger partial charge in [0.15, 0.2) is 0 Å². The van der Waals surface area contributed by atoms with E-state index >= 15 is 0 Å². The van der Waals surface area contributed by atoms with Gasteiger partial charge < -0.3 is 10.6 Å². The van der Waals surface area contributed by atoms with E-state index in [1.807, 2.05) is 0 Å². The Morgan fingerprint density at radius 2 is 2.17 bits per heavy atom. The first kappa shape index (κ1) is 8.52. The van der Waals surface area contributed by atoms with Gasteiger partial charge in [0.25, 0.3) is 0 Å². The molecule has 0 amide bonds. The fourth-order valence-electron chi connectivity index (χ4n) is 3.15. The monoisotopic (exact) mass is 168 g/mol. The molecule has 0 spiro atoms. The van der Waals surface area contributed by atoms with Crippen molar-refractivity contribution in [3.8, 4) is 0 Å². The van der Waals surface area contributed by atoms with Crippen LogP contribution < -0.4 is 5.73 Å². The molecule has 2 heterocycles. The van der Waals surface area contributed by atoms with Crippen molar-refractivity contribution in [1.29, 1.82) is 0 Å². The first-order valence-electron chi connectivity index (χ1n) is 5.16. The van der Waals surface area contributed by atoms with E-state index in [1.165, 1.54) is 19.3 Å². The molecule has 2 aliphatic rings. The van der Waals surface area contributed by atoms with Crippen LogP contribution in [0, 0.1) is 11.8 Å². The van der Waals surface area contributed by atoms with Crippen LogP contribution in [0.15, 0.2) is 0 Å². The smallest absolute Gasteiger partial charge is 0.0124 e. The SMILES string of the molecule is CC1C(CN)CC2CCC1N2C. The molecule has 2 saturated heterocycles. The summed E-state index contributed by atoms with van der Waals surface area (Å²) in [6.07, 6.45) is 4.14. The van der Waals surface area contributed by atoms with E-state index in [4.69, 9.17) is 5.73 Å². The Bertz CT molecular complexity index is 169. The lowest BCUT2D eigenvalue weighted by Gasteiger charge is -2.41. The fraction of sp³-hybridized carbons (Fsp3) is 1.00. The van der Waals surface area contributed by atoms with Crippen LogP contribution in [0.3, 0.4) is 0 Å². The topological polar surface area (TPSA) is 29.3 Å². The Balaban J connectivity index is 2.12. The predicted octanol–water partition coefficient (Wildman–Crippen LogP) is 1.06. The lowest BCUT2D eigenvalue weighted by Crippen LogP contribution is -2.47. The number of nitrogens with two attached hydrogens (primary N) is 1. The summed E-state index contributed by atoms with van der Waals surface area (Å²) in [6, 6.07) is 1.68. The zero-order valence-electron chi connectivity index (χ0n) is 8.16. The lowest BCUT2D eigenvalue weighted by atomic mass is 9.82. The standard InChI is InChI=1S/C10H20N2/c1-7-8(6-11)5-9-3-4-10(7)12(9)2/h7-10H,3-6,11H2,1-2H3. The van der Waals surface area contributed by atoms with Crippen LogP contribution in [0.2, 0.25) is 0 Å². The molecule has 2 N–H and O–H groups in total. The van der Waals surface area contributed by atoms with E-state index in [1.54, 1.807) is 0 Å². The lowest BCUT2D eigenvalue weighted by molar-refractivity contribution is 0.0817. The van der Waals surface area contributed by atoms with Gasteiger partial charge in [0.2, 0.25) is 0 Å². The Kier molecular flexibility index (Phi) is 2.13.